The molecule has 1 unspecified atom stereocenters. The lowest BCUT2D eigenvalue weighted by atomic mass is 10.1. The van der Waals surface area contributed by atoms with Crippen LogP contribution >= 0.6 is 23.4 Å². The van der Waals surface area contributed by atoms with Crippen molar-refractivity contribution in [3.63, 3.8) is 0 Å². The van der Waals surface area contributed by atoms with E-state index in [1.165, 1.54) is 12.1 Å². The molecule has 0 saturated heterocycles. The summed E-state index contributed by atoms with van der Waals surface area (Å²) in [5, 5.41) is 6.00. The van der Waals surface area contributed by atoms with E-state index in [1.54, 1.807) is 60.3 Å². The number of nitrogens with one attached hydrogen (secondary N) is 2. The summed E-state index contributed by atoms with van der Waals surface area (Å²) in [6.45, 7) is 0.299. The third kappa shape index (κ3) is 7.51. The van der Waals surface area contributed by atoms with E-state index in [1.807, 2.05) is 18.4 Å². The van der Waals surface area contributed by atoms with Crippen molar-refractivity contribution >= 4 is 35.2 Å². The normalized spacial score (nSPS) is 11.5. The fourth-order valence-electron chi connectivity index (χ4n) is 3.01. The van der Waals surface area contributed by atoms with Gasteiger partial charge in [0.25, 0.3) is 5.91 Å². The standard InChI is InChI=1S/C25H24ClFN2O3S/c1-33-15-14-23(29-24(30)21-4-2-3-5-22(21)26)25(31)28-16-17-6-10-19(11-7-17)32-20-12-8-18(27)9-13-20/h2-13,23H,14-16H2,1H3,(H,28,31)(H,29,30). The van der Waals surface area contributed by atoms with Gasteiger partial charge in [-0.3, -0.25) is 9.59 Å². The van der Waals surface area contributed by atoms with E-state index in [4.69, 9.17) is 16.3 Å². The lowest BCUT2D eigenvalue weighted by molar-refractivity contribution is -0.123. The zero-order valence-electron chi connectivity index (χ0n) is 18.0. The minimum atomic E-state index is -0.678. The van der Waals surface area contributed by atoms with Crippen LogP contribution in [0.3, 0.4) is 0 Å². The van der Waals surface area contributed by atoms with Gasteiger partial charge in [0.2, 0.25) is 5.91 Å². The van der Waals surface area contributed by atoms with Gasteiger partial charge in [-0.1, -0.05) is 35.9 Å². The SMILES string of the molecule is CSCCC(NC(=O)c1ccccc1Cl)C(=O)NCc1ccc(Oc2ccc(F)cc2)cc1. The Kier molecular flexibility index (Phi) is 9.15. The van der Waals surface area contributed by atoms with Crippen molar-refractivity contribution in [2.24, 2.45) is 0 Å². The molecule has 0 radical (unpaired) electrons. The predicted molar refractivity (Wildman–Crippen MR) is 130 cm³/mol. The largest absolute Gasteiger partial charge is 0.457 e. The van der Waals surface area contributed by atoms with E-state index in [0.29, 0.717) is 35.1 Å². The maximum atomic E-state index is 13.0. The van der Waals surface area contributed by atoms with E-state index >= 15 is 0 Å². The van der Waals surface area contributed by atoms with Crippen molar-refractivity contribution in [3.05, 3.63) is 94.8 Å². The van der Waals surface area contributed by atoms with E-state index in [-0.39, 0.29) is 17.6 Å². The summed E-state index contributed by atoms with van der Waals surface area (Å²) in [7, 11) is 0. The molecule has 0 saturated carbocycles. The zero-order chi connectivity index (χ0) is 23.6. The molecule has 0 aliphatic rings. The highest BCUT2D eigenvalue weighted by molar-refractivity contribution is 7.98. The van der Waals surface area contributed by atoms with Crippen molar-refractivity contribution in [2.75, 3.05) is 12.0 Å². The van der Waals surface area contributed by atoms with Gasteiger partial charge in [0.05, 0.1) is 10.6 Å². The van der Waals surface area contributed by atoms with Crippen molar-refractivity contribution in [1.82, 2.24) is 10.6 Å². The van der Waals surface area contributed by atoms with Crippen LogP contribution in [0, 0.1) is 5.82 Å². The fraction of sp³-hybridized carbons (Fsp3) is 0.200. The van der Waals surface area contributed by atoms with Crippen molar-refractivity contribution < 1.29 is 18.7 Å². The van der Waals surface area contributed by atoms with Crippen LogP contribution in [0.2, 0.25) is 5.02 Å². The van der Waals surface area contributed by atoms with Crippen molar-refractivity contribution in [3.8, 4) is 11.5 Å². The summed E-state index contributed by atoms with van der Waals surface area (Å²) in [5.74, 6) is 0.869. The van der Waals surface area contributed by atoms with Gasteiger partial charge >= 0.3 is 0 Å². The monoisotopic (exact) mass is 486 g/mol. The Morgan fingerprint density at radius 2 is 1.64 bits per heavy atom. The molecule has 8 heteroatoms. The Labute approximate surface area is 201 Å². The quantitative estimate of drug-likeness (QED) is 0.400. The second kappa shape index (κ2) is 12.3. The minimum absolute atomic E-state index is 0.268. The average Bonchev–Trinajstić information content (AvgIpc) is 2.82. The third-order valence-corrected chi connectivity index (χ3v) is 5.76. The number of carbonyl (C=O) groups excluding carboxylic acids is 2. The highest BCUT2D eigenvalue weighted by atomic mass is 35.5. The number of amides is 2. The number of hydrogen-bond donors (Lipinski definition) is 2. The van der Waals surface area contributed by atoms with Crippen LogP contribution in [0.1, 0.15) is 22.3 Å². The smallest absolute Gasteiger partial charge is 0.253 e. The van der Waals surface area contributed by atoms with Crippen LogP contribution in [0.5, 0.6) is 11.5 Å². The first-order chi connectivity index (χ1) is 16.0. The number of thioether (sulfide) groups is 1. The first-order valence-corrected chi connectivity index (χ1v) is 12.1. The zero-order valence-corrected chi connectivity index (χ0v) is 19.6. The molecule has 3 aromatic carbocycles. The van der Waals surface area contributed by atoms with E-state index in [2.05, 4.69) is 10.6 Å². The Hall–Kier alpha value is -3.03. The Morgan fingerprint density at radius 1 is 1.00 bits per heavy atom. The van der Waals surface area contributed by atoms with E-state index in [9.17, 15) is 14.0 Å². The molecule has 0 fully saturated rings. The number of carbonyl (C=O) groups is 2. The highest BCUT2D eigenvalue weighted by Crippen LogP contribution is 2.22. The summed E-state index contributed by atoms with van der Waals surface area (Å²) in [4.78, 5) is 25.4. The van der Waals surface area contributed by atoms with Gasteiger partial charge < -0.3 is 15.4 Å². The molecule has 33 heavy (non-hydrogen) atoms. The molecular formula is C25H24ClFN2O3S. The van der Waals surface area contributed by atoms with Crippen LogP contribution in [0.15, 0.2) is 72.8 Å². The summed E-state index contributed by atoms with van der Waals surface area (Å²) < 4.78 is 18.7. The van der Waals surface area contributed by atoms with Gasteiger partial charge in [0.1, 0.15) is 23.4 Å². The van der Waals surface area contributed by atoms with Crippen LogP contribution in [0.25, 0.3) is 0 Å². The molecular weight excluding hydrogens is 463 g/mol. The molecule has 5 nitrogen and oxygen atoms in total. The van der Waals surface area contributed by atoms with Gasteiger partial charge in [-0.05, 0) is 72.5 Å². The molecule has 3 rings (SSSR count). The predicted octanol–water partition coefficient (Wildman–Crippen LogP) is 5.44. The first kappa shape index (κ1) is 24.6. The summed E-state index contributed by atoms with van der Waals surface area (Å²) in [6, 6.07) is 19.0. The topological polar surface area (TPSA) is 67.4 Å². The maximum Gasteiger partial charge on any atom is 0.253 e. The Bertz CT molecular complexity index is 1080. The van der Waals surface area contributed by atoms with Gasteiger partial charge in [-0.2, -0.15) is 11.8 Å². The van der Waals surface area contributed by atoms with Gasteiger partial charge in [0, 0.05) is 6.54 Å². The molecule has 0 bridgehead atoms. The maximum absolute atomic E-state index is 13.0. The molecule has 2 amide bonds. The number of ether oxygens (including phenoxy) is 1. The second-order valence-electron chi connectivity index (χ2n) is 7.21. The number of halogens is 2. The van der Waals surface area contributed by atoms with Gasteiger partial charge in [-0.25, -0.2) is 4.39 Å². The number of benzene rings is 3. The molecule has 0 aliphatic heterocycles. The lowest BCUT2D eigenvalue weighted by Gasteiger charge is -2.18. The minimum Gasteiger partial charge on any atom is -0.457 e. The first-order valence-electron chi connectivity index (χ1n) is 10.3. The van der Waals surface area contributed by atoms with E-state index in [0.717, 1.165) is 11.3 Å². The average molecular weight is 487 g/mol. The number of hydrogen-bond acceptors (Lipinski definition) is 4. The lowest BCUT2D eigenvalue weighted by Crippen LogP contribution is -2.47. The fourth-order valence-corrected chi connectivity index (χ4v) is 3.71. The molecule has 3 aromatic rings. The summed E-state index contributed by atoms with van der Waals surface area (Å²) >= 11 is 7.70. The summed E-state index contributed by atoms with van der Waals surface area (Å²) in [5.41, 5.74) is 1.20. The van der Waals surface area contributed by atoms with Crippen LogP contribution < -0.4 is 15.4 Å². The molecule has 172 valence electrons. The van der Waals surface area contributed by atoms with Crippen molar-refractivity contribution in [1.29, 1.82) is 0 Å². The van der Waals surface area contributed by atoms with Crippen LogP contribution in [-0.4, -0.2) is 29.9 Å². The highest BCUT2D eigenvalue weighted by Gasteiger charge is 2.22. The molecule has 0 heterocycles. The molecule has 2 N–H and O–H groups in total. The molecule has 0 aliphatic carbocycles. The van der Waals surface area contributed by atoms with Gasteiger partial charge in [-0.15, -0.1) is 0 Å². The molecule has 0 aromatic heterocycles. The third-order valence-electron chi connectivity index (χ3n) is 4.79. The van der Waals surface area contributed by atoms with Crippen molar-refractivity contribution in [2.45, 2.75) is 19.0 Å². The second-order valence-corrected chi connectivity index (χ2v) is 8.60. The Balaban J connectivity index is 1.57. The number of rotatable bonds is 10. The Morgan fingerprint density at radius 3 is 2.27 bits per heavy atom. The van der Waals surface area contributed by atoms with Crippen LogP contribution in [-0.2, 0) is 11.3 Å². The molecule has 0 spiro atoms. The van der Waals surface area contributed by atoms with E-state index < -0.39 is 6.04 Å². The molecule has 1 atom stereocenters. The summed E-state index contributed by atoms with van der Waals surface area (Å²) in [6.07, 6.45) is 2.44. The van der Waals surface area contributed by atoms with Crippen LogP contribution in [0.4, 0.5) is 4.39 Å². The van der Waals surface area contributed by atoms with Gasteiger partial charge in [0.15, 0.2) is 0 Å².